The van der Waals surface area contributed by atoms with E-state index >= 15 is 0 Å². The predicted octanol–water partition coefficient (Wildman–Crippen LogP) is 3.94. The standard InChI is InChI=1S/C19H31N3O.HI/c1-4-6-7-8-11-14-22(3)19(20-5-2)21-15-17-12-9-10-13-18(17)16-23;/h4,9-10,12-13,23H,1,5-8,11,14-16H2,2-3H3,(H,20,21);1H. The molecule has 0 saturated carbocycles. The van der Waals surface area contributed by atoms with Crippen LogP contribution in [0.15, 0.2) is 41.9 Å². The van der Waals surface area contributed by atoms with Gasteiger partial charge in [0.15, 0.2) is 5.96 Å². The average Bonchev–Trinajstić information content (AvgIpc) is 2.58. The van der Waals surface area contributed by atoms with Gasteiger partial charge in [0.2, 0.25) is 0 Å². The van der Waals surface area contributed by atoms with Crippen molar-refractivity contribution in [2.75, 3.05) is 20.1 Å². The Kier molecular flexibility index (Phi) is 13.6. The van der Waals surface area contributed by atoms with E-state index < -0.39 is 0 Å². The first kappa shape index (κ1) is 22.9. The quantitative estimate of drug-likeness (QED) is 0.189. The fourth-order valence-corrected chi connectivity index (χ4v) is 2.42. The summed E-state index contributed by atoms with van der Waals surface area (Å²) in [5.74, 6) is 0.920. The number of guanidine groups is 1. The van der Waals surface area contributed by atoms with Gasteiger partial charge in [0.25, 0.3) is 0 Å². The highest BCUT2D eigenvalue weighted by molar-refractivity contribution is 14.0. The number of nitrogens with one attached hydrogen (secondary N) is 1. The Morgan fingerprint density at radius 1 is 1.25 bits per heavy atom. The SMILES string of the molecule is C=CCCCCCN(C)C(=NCc1ccccc1CO)NCC.I. The highest BCUT2D eigenvalue weighted by atomic mass is 127. The Hall–Kier alpha value is -1.08. The van der Waals surface area contributed by atoms with Crippen LogP contribution in [0.25, 0.3) is 0 Å². The number of rotatable bonds is 10. The lowest BCUT2D eigenvalue weighted by Crippen LogP contribution is -2.39. The van der Waals surface area contributed by atoms with Crippen molar-refractivity contribution in [3.63, 3.8) is 0 Å². The monoisotopic (exact) mass is 445 g/mol. The summed E-state index contributed by atoms with van der Waals surface area (Å²) in [5, 5.41) is 12.7. The Morgan fingerprint density at radius 3 is 2.58 bits per heavy atom. The Bertz CT molecular complexity index is 491. The molecule has 0 bridgehead atoms. The van der Waals surface area contributed by atoms with Crippen LogP contribution in [0.3, 0.4) is 0 Å². The molecule has 0 saturated heterocycles. The molecular weight excluding hydrogens is 413 g/mol. The molecule has 0 unspecified atom stereocenters. The third kappa shape index (κ3) is 8.68. The lowest BCUT2D eigenvalue weighted by atomic mass is 10.1. The van der Waals surface area contributed by atoms with E-state index in [1.807, 2.05) is 30.3 Å². The number of halogens is 1. The summed E-state index contributed by atoms with van der Waals surface area (Å²) in [6.45, 7) is 8.31. The number of aliphatic imine (C=N–C) groups is 1. The smallest absolute Gasteiger partial charge is 0.193 e. The van der Waals surface area contributed by atoms with Gasteiger partial charge in [0.1, 0.15) is 0 Å². The van der Waals surface area contributed by atoms with Crippen LogP contribution in [0, 0.1) is 0 Å². The Balaban J connectivity index is 0.00000529. The van der Waals surface area contributed by atoms with Crippen molar-refractivity contribution in [1.29, 1.82) is 0 Å². The third-order valence-corrected chi connectivity index (χ3v) is 3.79. The second-order valence-corrected chi connectivity index (χ2v) is 5.66. The summed E-state index contributed by atoms with van der Waals surface area (Å²) in [6, 6.07) is 7.90. The molecule has 0 aromatic heterocycles. The molecule has 0 radical (unpaired) electrons. The number of hydrogen-bond donors (Lipinski definition) is 2. The second-order valence-electron chi connectivity index (χ2n) is 5.66. The van der Waals surface area contributed by atoms with Gasteiger partial charge in [0.05, 0.1) is 13.2 Å². The summed E-state index contributed by atoms with van der Waals surface area (Å²) in [4.78, 5) is 6.89. The van der Waals surface area contributed by atoms with Crippen LogP contribution in [0.5, 0.6) is 0 Å². The maximum atomic E-state index is 9.40. The van der Waals surface area contributed by atoms with E-state index in [9.17, 15) is 5.11 Å². The van der Waals surface area contributed by atoms with Crippen molar-refractivity contribution in [3.8, 4) is 0 Å². The number of allylic oxidation sites excluding steroid dienone is 1. The molecule has 136 valence electrons. The Labute approximate surface area is 164 Å². The van der Waals surface area contributed by atoms with Crippen molar-refractivity contribution >= 4 is 29.9 Å². The van der Waals surface area contributed by atoms with E-state index in [0.29, 0.717) is 6.54 Å². The van der Waals surface area contributed by atoms with Gasteiger partial charge in [-0.1, -0.05) is 36.8 Å². The summed E-state index contributed by atoms with van der Waals surface area (Å²) in [7, 11) is 2.08. The maximum Gasteiger partial charge on any atom is 0.193 e. The normalized spacial score (nSPS) is 10.9. The molecule has 1 aromatic rings. The highest BCUT2D eigenvalue weighted by Gasteiger charge is 2.06. The van der Waals surface area contributed by atoms with E-state index in [1.165, 1.54) is 12.8 Å². The molecule has 24 heavy (non-hydrogen) atoms. The Morgan fingerprint density at radius 2 is 1.96 bits per heavy atom. The first-order chi connectivity index (χ1) is 11.2. The van der Waals surface area contributed by atoms with Crippen LogP contribution in [-0.4, -0.2) is 36.1 Å². The molecule has 0 heterocycles. The number of nitrogens with zero attached hydrogens (tertiary/aromatic N) is 2. The summed E-state index contributed by atoms with van der Waals surface area (Å²) < 4.78 is 0. The maximum absolute atomic E-state index is 9.40. The van der Waals surface area contributed by atoms with E-state index in [4.69, 9.17) is 4.99 Å². The van der Waals surface area contributed by atoms with Crippen LogP contribution in [0.2, 0.25) is 0 Å². The lowest BCUT2D eigenvalue weighted by Gasteiger charge is -2.22. The number of hydrogen-bond acceptors (Lipinski definition) is 2. The van der Waals surface area contributed by atoms with Gasteiger partial charge in [-0.15, -0.1) is 30.6 Å². The molecule has 0 aliphatic rings. The molecule has 1 rings (SSSR count). The largest absolute Gasteiger partial charge is 0.392 e. The third-order valence-electron chi connectivity index (χ3n) is 3.79. The minimum atomic E-state index is 0. The first-order valence-electron chi connectivity index (χ1n) is 8.50. The number of aliphatic hydroxyl groups excluding tert-OH is 1. The lowest BCUT2D eigenvalue weighted by molar-refractivity contribution is 0.280. The van der Waals surface area contributed by atoms with Gasteiger partial charge < -0.3 is 15.3 Å². The van der Waals surface area contributed by atoms with E-state index in [2.05, 4.69) is 30.8 Å². The molecule has 1 aromatic carbocycles. The topological polar surface area (TPSA) is 47.9 Å². The van der Waals surface area contributed by atoms with E-state index in [-0.39, 0.29) is 30.6 Å². The van der Waals surface area contributed by atoms with Crippen LogP contribution in [-0.2, 0) is 13.2 Å². The fourth-order valence-electron chi connectivity index (χ4n) is 2.42. The zero-order valence-corrected chi connectivity index (χ0v) is 17.3. The summed E-state index contributed by atoms with van der Waals surface area (Å²) >= 11 is 0. The molecule has 0 fully saturated rings. The average molecular weight is 445 g/mol. The highest BCUT2D eigenvalue weighted by Crippen LogP contribution is 2.10. The number of aliphatic hydroxyl groups is 1. The van der Waals surface area contributed by atoms with Crippen molar-refractivity contribution in [1.82, 2.24) is 10.2 Å². The second kappa shape index (κ2) is 14.3. The predicted molar refractivity (Wildman–Crippen MR) is 114 cm³/mol. The fraction of sp³-hybridized carbons (Fsp3) is 0.526. The van der Waals surface area contributed by atoms with Crippen LogP contribution in [0.1, 0.15) is 43.7 Å². The number of benzene rings is 1. The molecule has 0 spiro atoms. The molecule has 0 aliphatic heterocycles. The molecule has 4 nitrogen and oxygen atoms in total. The molecule has 0 amide bonds. The molecule has 2 N–H and O–H groups in total. The van der Waals surface area contributed by atoms with Gasteiger partial charge >= 0.3 is 0 Å². The zero-order chi connectivity index (χ0) is 16.9. The van der Waals surface area contributed by atoms with E-state index in [1.54, 1.807) is 0 Å². The minimum Gasteiger partial charge on any atom is -0.392 e. The van der Waals surface area contributed by atoms with Gasteiger partial charge in [-0.25, -0.2) is 4.99 Å². The zero-order valence-electron chi connectivity index (χ0n) is 15.0. The van der Waals surface area contributed by atoms with Crippen LogP contribution < -0.4 is 5.32 Å². The van der Waals surface area contributed by atoms with Crippen molar-refractivity contribution < 1.29 is 5.11 Å². The van der Waals surface area contributed by atoms with Gasteiger partial charge in [-0.05, 0) is 37.3 Å². The van der Waals surface area contributed by atoms with Crippen LogP contribution >= 0.6 is 24.0 Å². The van der Waals surface area contributed by atoms with Gasteiger partial charge in [-0.3, -0.25) is 0 Å². The van der Waals surface area contributed by atoms with Crippen molar-refractivity contribution in [2.45, 2.75) is 45.8 Å². The van der Waals surface area contributed by atoms with Crippen molar-refractivity contribution in [3.05, 3.63) is 48.0 Å². The molecule has 0 atom stereocenters. The van der Waals surface area contributed by atoms with Crippen molar-refractivity contribution in [2.24, 2.45) is 4.99 Å². The molecule has 0 aliphatic carbocycles. The summed E-state index contributed by atoms with van der Waals surface area (Å²) in [6.07, 6.45) is 6.64. The van der Waals surface area contributed by atoms with E-state index in [0.717, 1.165) is 43.0 Å². The minimum absolute atomic E-state index is 0. The molecular formula is C19H32IN3O. The first-order valence-corrected chi connectivity index (χ1v) is 8.50. The number of unbranched alkanes of at least 4 members (excludes halogenated alkanes) is 3. The van der Waals surface area contributed by atoms with Crippen LogP contribution in [0.4, 0.5) is 0 Å². The molecule has 5 heteroatoms. The van der Waals surface area contributed by atoms with Gasteiger partial charge in [-0.2, -0.15) is 0 Å². The summed E-state index contributed by atoms with van der Waals surface area (Å²) in [5.41, 5.74) is 2.02. The van der Waals surface area contributed by atoms with Gasteiger partial charge in [0, 0.05) is 20.1 Å².